The molecule has 0 saturated heterocycles. The Hall–Kier alpha value is -1.66. The minimum absolute atomic E-state index is 0.115. The van der Waals surface area contributed by atoms with Crippen LogP contribution in [0.5, 0.6) is 0 Å². The van der Waals surface area contributed by atoms with Crippen LogP contribution in [0.2, 0.25) is 10.2 Å². The number of nitrogens with zero attached hydrogens (tertiary/aromatic N) is 3. The highest BCUT2D eigenvalue weighted by atomic mass is 35.5. The summed E-state index contributed by atoms with van der Waals surface area (Å²) in [6, 6.07) is 1.51. The number of carbonyl (C=O) groups excluding carboxylic acids is 1. The van der Waals surface area contributed by atoms with Gasteiger partial charge in [-0.2, -0.15) is 4.98 Å². The molecule has 0 atom stereocenters. The maximum Gasteiger partial charge on any atom is 0.379 e. The molecule has 2 aromatic heterocycles. The average Bonchev–Trinajstić information content (AvgIpc) is 2.82. The van der Waals surface area contributed by atoms with Gasteiger partial charge in [0.25, 0.3) is 11.7 Å². The van der Waals surface area contributed by atoms with Gasteiger partial charge in [0.1, 0.15) is 5.15 Å². The topological polar surface area (TPSA) is 78.1 Å². The number of halogens is 2. The molecule has 0 aliphatic rings. The van der Waals surface area contributed by atoms with Crippen LogP contribution in [0.4, 0.5) is 0 Å². The van der Waals surface area contributed by atoms with Crippen LogP contribution in [-0.4, -0.2) is 27.7 Å². The second-order valence-corrected chi connectivity index (χ2v) is 3.91. The van der Waals surface area contributed by atoms with E-state index in [2.05, 4.69) is 15.1 Å². The van der Waals surface area contributed by atoms with Gasteiger partial charge in [-0.15, -0.1) is 0 Å². The maximum absolute atomic E-state index is 11.3. The fourth-order valence-electron chi connectivity index (χ4n) is 1.16. The molecule has 0 amide bonds. The Kier molecular flexibility index (Phi) is 3.78. The van der Waals surface area contributed by atoms with Gasteiger partial charge in [0.15, 0.2) is 0 Å². The Morgan fingerprint density at radius 2 is 2.28 bits per heavy atom. The highest BCUT2D eigenvalue weighted by molar-refractivity contribution is 6.41. The van der Waals surface area contributed by atoms with E-state index < -0.39 is 5.97 Å². The van der Waals surface area contributed by atoms with Crippen LogP contribution in [0.15, 0.2) is 16.8 Å². The van der Waals surface area contributed by atoms with Crippen LogP contribution in [0.3, 0.4) is 0 Å². The molecule has 94 valence electrons. The van der Waals surface area contributed by atoms with E-state index in [-0.39, 0.29) is 28.5 Å². The zero-order valence-corrected chi connectivity index (χ0v) is 10.7. The quantitative estimate of drug-likeness (QED) is 0.638. The van der Waals surface area contributed by atoms with E-state index in [0.29, 0.717) is 5.56 Å². The van der Waals surface area contributed by atoms with Crippen molar-refractivity contribution in [3.8, 4) is 11.5 Å². The summed E-state index contributed by atoms with van der Waals surface area (Å²) in [5.74, 6) is -0.692. The predicted octanol–water partition coefficient (Wildman–Crippen LogP) is 2.62. The zero-order chi connectivity index (χ0) is 13.1. The van der Waals surface area contributed by atoms with E-state index in [4.69, 9.17) is 32.5 Å². The molecule has 0 spiro atoms. The highest BCUT2D eigenvalue weighted by Crippen LogP contribution is 2.25. The Morgan fingerprint density at radius 3 is 2.94 bits per heavy atom. The number of pyridine rings is 1. The van der Waals surface area contributed by atoms with Crippen molar-refractivity contribution in [1.29, 1.82) is 0 Å². The third-order valence-electron chi connectivity index (χ3n) is 1.93. The number of hydrogen-bond acceptors (Lipinski definition) is 6. The molecular weight excluding hydrogens is 281 g/mol. The lowest BCUT2D eigenvalue weighted by Gasteiger charge is -1.96. The van der Waals surface area contributed by atoms with E-state index in [0.717, 1.165) is 0 Å². The summed E-state index contributed by atoms with van der Waals surface area (Å²) in [7, 11) is 0. The minimum Gasteiger partial charge on any atom is -0.460 e. The number of aromatic nitrogens is 3. The SMILES string of the molecule is CCOC(=O)c1noc(-c2cnc(Cl)c(Cl)c2)n1. The van der Waals surface area contributed by atoms with Crippen molar-refractivity contribution in [2.75, 3.05) is 6.61 Å². The first-order valence-electron chi connectivity index (χ1n) is 4.94. The van der Waals surface area contributed by atoms with E-state index in [1.54, 1.807) is 6.92 Å². The molecule has 2 rings (SSSR count). The van der Waals surface area contributed by atoms with Crippen LogP contribution in [0.25, 0.3) is 11.5 Å². The van der Waals surface area contributed by atoms with Crippen molar-refractivity contribution in [1.82, 2.24) is 15.1 Å². The molecule has 0 unspecified atom stereocenters. The normalized spacial score (nSPS) is 10.4. The minimum atomic E-state index is -0.652. The summed E-state index contributed by atoms with van der Waals surface area (Å²) < 4.78 is 9.64. The third-order valence-corrected chi connectivity index (χ3v) is 2.61. The lowest BCUT2D eigenvalue weighted by molar-refractivity contribution is 0.0508. The van der Waals surface area contributed by atoms with Gasteiger partial charge in [-0.1, -0.05) is 23.2 Å². The monoisotopic (exact) mass is 287 g/mol. The molecule has 2 aromatic rings. The smallest absolute Gasteiger partial charge is 0.379 e. The molecule has 8 heteroatoms. The lowest BCUT2D eigenvalue weighted by atomic mass is 10.3. The van der Waals surface area contributed by atoms with Crippen LogP contribution >= 0.6 is 23.2 Å². The van der Waals surface area contributed by atoms with Gasteiger partial charge in [-0.3, -0.25) is 0 Å². The fraction of sp³-hybridized carbons (Fsp3) is 0.200. The number of rotatable bonds is 3. The van der Waals surface area contributed by atoms with Crippen molar-refractivity contribution >= 4 is 29.2 Å². The van der Waals surface area contributed by atoms with Crippen LogP contribution in [-0.2, 0) is 4.74 Å². The number of esters is 1. The Balaban J connectivity index is 2.29. The van der Waals surface area contributed by atoms with E-state index in [1.807, 2.05) is 0 Å². The van der Waals surface area contributed by atoms with Crippen molar-refractivity contribution in [2.24, 2.45) is 0 Å². The molecule has 0 aromatic carbocycles. The van der Waals surface area contributed by atoms with Crippen molar-refractivity contribution < 1.29 is 14.1 Å². The van der Waals surface area contributed by atoms with Crippen LogP contribution in [0, 0.1) is 0 Å². The second kappa shape index (κ2) is 5.32. The Morgan fingerprint density at radius 1 is 1.50 bits per heavy atom. The van der Waals surface area contributed by atoms with Gasteiger partial charge in [0.05, 0.1) is 17.2 Å². The summed E-state index contributed by atoms with van der Waals surface area (Å²) >= 11 is 11.5. The highest BCUT2D eigenvalue weighted by Gasteiger charge is 2.17. The molecule has 0 aliphatic carbocycles. The zero-order valence-electron chi connectivity index (χ0n) is 9.18. The summed E-state index contributed by atoms with van der Waals surface area (Å²) in [6.07, 6.45) is 1.41. The largest absolute Gasteiger partial charge is 0.460 e. The van der Waals surface area contributed by atoms with Crippen LogP contribution in [0.1, 0.15) is 17.5 Å². The molecule has 6 nitrogen and oxygen atoms in total. The van der Waals surface area contributed by atoms with Gasteiger partial charge < -0.3 is 9.26 Å². The van der Waals surface area contributed by atoms with E-state index in [1.165, 1.54) is 12.3 Å². The summed E-state index contributed by atoms with van der Waals surface area (Å²) in [4.78, 5) is 19.1. The first-order chi connectivity index (χ1) is 8.61. The number of carbonyl (C=O) groups is 1. The molecule has 0 fully saturated rings. The molecule has 0 radical (unpaired) electrons. The molecule has 2 heterocycles. The Labute approximate surface area is 112 Å². The summed E-state index contributed by atoms with van der Waals surface area (Å²) in [5.41, 5.74) is 0.465. The van der Waals surface area contributed by atoms with E-state index >= 15 is 0 Å². The van der Waals surface area contributed by atoms with Crippen molar-refractivity contribution in [3.63, 3.8) is 0 Å². The first kappa shape index (κ1) is 12.8. The fourth-order valence-corrected chi connectivity index (χ4v) is 1.43. The van der Waals surface area contributed by atoms with E-state index in [9.17, 15) is 4.79 Å². The molecule has 0 aliphatic heterocycles. The standard InChI is InChI=1S/C10H7Cl2N3O3/c1-2-17-10(16)8-14-9(18-15-8)5-3-6(11)7(12)13-4-5/h3-4H,2H2,1H3. The van der Waals surface area contributed by atoms with Gasteiger partial charge in [0, 0.05) is 6.20 Å². The molecular formula is C10H7Cl2N3O3. The predicted molar refractivity (Wildman–Crippen MR) is 63.5 cm³/mol. The van der Waals surface area contributed by atoms with Crippen molar-refractivity contribution in [2.45, 2.75) is 6.92 Å². The lowest BCUT2D eigenvalue weighted by Crippen LogP contribution is -2.06. The first-order valence-corrected chi connectivity index (χ1v) is 5.69. The van der Waals surface area contributed by atoms with Gasteiger partial charge in [-0.05, 0) is 18.1 Å². The second-order valence-electron chi connectivity index (χ2n) is 3.14. The summed E-state index contributed by atoms with van der Waals surface area (Å²) in [5, 5.41) is 3.93. The molecule has 0 saturated carbocycles. The molecule has 18 heavy (non-hydrogen) atoms. The van der Waals surface area contributed by atoms with Gasteiger partial charge in [0.2, 0.25) is 0 Å². The summed E-state index contributed by atoms with van der Waals surface area (Å²) in [6.45, 7) is 1.92. The third kappa shape index (κ3) is 2.60. The van der Waals surface area contributed by atoms with Crippen molar-refractivity contribution in [3.05, 3.63) is 28.3 Å². The Bertz CT molecular complexity index is 585. The van der Waals surface area contributed by atoms with Gasteiger partial charge >= 0.3 is 5.97 Å². The van der Waals surface area contributed by atoms with Gasteiger partial charge in [-0.25, -0.2) is 9.78 Å². The number of hydrogen-bond donors (Lipinski definition) is 0. The van der Waals surface area contributed by atoms with Crippen LogP contribution < -0.4 is 0 Å². The average molecular weight is 288 g/mol. The number of ether oxygens (including phenoxy) is 1. The molecule has 0 bridgehead atoms. The molecule has 0 N–H and O–H groups in total. The maximum atomic E-state index is 11.3.